The molecule has 1 aliphatic heterocycles. The number of benzene rings is 1. The third kappa shape index (κ3) is 2.67. The fourth-order valence-electron chi connectivity index (χ4n) is 1.68. The Labute approximate surface area is 100 Å². The average Bonchev–Trinajstić information content (AvgIpc) is 2.29. The van der Waals surface area contributed by atoms with Crippen LogP contribution in [0.2, 0.25) is 5.02 Å². The lowest BCUT2D eigenvalue weighted by Crippen LogP contribution is -2.14. The molecule has 1 aliphatic rings. The summed E-state index contributed by atoms with van der Waals surface area (Å²) in [5, 5.41) is 0.666. The standard InChI is InChI=1S/C11H14ClO3P/c1-2-16(13)14-7-6-11(15-16)9-4-3-5-10(12)8-9/h3-5,8,11H,2,6-7H2,1H3/t11-,16?/m1/s1. The highest BCUT2D eigenvalue weighted by Gasteiger charge is 2.32. The van der Waals surface area contributed by atoms with Gasteiger partial charge in [0.05, 0.1) is 12.7 Å². The minimum Gasteiger partial charge on any atom is -0.308 e. The van der Waals surface area contributed by atoms with Gasteiger partial charge < -0.3 is 9.05 Å². The predicted octanol–water partition coefficient (Wildman–Crippen LogP) is 4.03. The summed E-state index contributed by atoms with van der Waals surface area (Å²) in [4.78, 5) is 0. The zero-order chi connectivity index (χ0) is 11.6. The van der Waals surface area contributed by atoms with Gasteiger partial charge in [-0.3, -0.25) is 4.57 Å². The molecule has 0 spiro atoms. The molecule has 0 radical (unpaired) electrons. The Morgan fingerprint density at radius 3 is 3.06 bits per heavy atom. The Balaban J connectivity index is 2.19. The molecule has 0 aliphatic carbocycles. The molecule has 1 unspecified atom stereocenters. The second-order valence-electron chi connectivity index (χ2n) is 3.70. The first kappa shape index (κ1) is 12.1. The van der Waals surface area contributed by atoms with Gasteiger partial charge in [0.15, 0.2) is 0 Å². The highest BCUT2D eigenvalue weighted by molar-refractivity contribution is 7.53. The van der Waals surface area contributed by atoms with Gasteiger partial charge in [-0.05, 0) is 17.7 Å². The monoisotopic (exact) mass is 260 g/mol. The molecule has 1 heterocycles. The van der Waals surface area contributed by atoms with E-state index in [1.54, 1.807) is 6.92 Å². The molecular weight excluding hydrogens is 247 g/mol. The van der Waals surface area contributed by atoms with Crippen molar-refractivity contribution in [2.75, 3.05) is 12.8 Å². The van der Waals surface area contributed by atoms with Gasteiger partial charge in [-0.2, -0.15) is 0 Å². The molecular formula is C11H14ClO3P. The fraction of sp³-hybridized carbons (Fsp3) is 0.455. The van der Waals surface area contributed by atoms with Gasteiger partial charge in [0.25, 0.3) is 0 Å². The molecule has 5 heteroatoms. The number of halogens is 1. The molecule has 0 amide bonds. The SMILES string of the molecule is CCP1(=O)OCC[C@H](c2cccc(Cl)c2)O1. The quantitative estimate of drug-likeness (QED) is 0.753. The first-order valence-electron chi connectivity index (χ1n) is 5.30. The number of hydrogen-bond donors (Lipinski definition) is 0. The van der Waals surface area contributed by atoms with E-state index < -0.39 is 7.60 Å². The third-order valence-electron chi connectivity index (χ3n) is 2.56. The summed E-state index contributed by atoms with van der Waals surface area (Å²) in [6.45, 7) is 2.28. The maximum absolute atomic E-state index is 12.0. The van der Waals surface area contributed by atoms with E-state index in [1.165, 1.54) is 0 Å². The molecule has 3 nitrogen and oxygen atoms in total. The third-order valence-corrected chi connectivity index (χ3v) is 4.72. The minimum absolute atomic E-state index is 0.168. The van der Waals surface area contributed by atoms with Gasteiger partial charge in [0.1, 0.15) is 0 Å². The summed E-state index contributed by atoms with van der Waals surface area (Å²) >= 11 is 5.91. The zero-order valence-corrected chi connectivity index (χ0v) is 10.7. The minimum atomic E-state index is -2.87. The molecule has 0 aromatic heterocycles. The Bertz CT molecular complexity index is 421. The van der Waals surface area contributed by atoms with Crippen LogP contribution in [-0.2, 0) is 13.6 Å². The molecule has 16 heavy (non-hydrogen) atoms. The van der Waals surface area contributed by atoms with E-state index in [2.05, 4.69) is 0 Å². The van der Waals surface area contributed by atoms with E-state index in [0.29, 0.717) is 24.2 Å². The van der Waals surface area contributed by atoms with Gasteiger partial charge in [-0.15, -0.1) is 0 Å². The van der Waals surface area contributed by atoms with E-state index in [0.717, 1.165) is 5.56 Å². The maximum Gasteiger partial charge on any atom is 0.330 e. The molecule has 2 rings (SSSR count). The van der Waals surface area contributed by atoms with Gasteiger partial charge >= 0.3 is 7.60 Å². The maximum atomic E-state index is 12.0. The van der Waals surface area contributed by atoms with Crippen molar-refractivity contribution < 1.29 is 13.6 Å². The van der Waals surface area contributed by atoms with E-state index in [1.807, 2.05) is 24.3 Å². The second kappa shape index (κ2) is 4.89. The molecule has 88 valence electrons. The highest BCUT2D eigenvalue weighted by Crippen LogP contribution is 2.55. The molecule has 1 aromatic carbocycles. The molecule has 1 aromatic rings. The lowest BCUT2D eigenvalue weighted by molar-refractivity contribution is 0.0820. The Kier molecular flexibility index (Phi) is 3.70. The van der Waals surface area contributed by atoms with Crippen LogP contribution in [0.15, 0.2) is 24.3 Å². The number of hydrogen-bond acceptors (Lipinski definition) is 3. The Morgan fingerprint density at radius 2 is 2.38 bits per heavy atom. The Morgan fingerprint density at radius 1 is 1.56 bits per heavy atom. The summed E-state index contributed by atoms with van der Waals surface area (Å²) in [5.74, 6) is 0. The normalized spacial score (nSPS) is 30.2. The highest BCUT2D eigenvalue weighted by atomic mass is 35.5. The van der Waals surface area contributed by atoms with E-state index in [4.69, 9.17) is 20.6 Å². The van der Waals surface area contributed by atoms with Crippen molar-refractivity contribution in [1.29, 1.82) is 0 Å². The van der Waals surface area contributed by atoms with Crippen molar-refractivity contribution in [3.05, 3.63) is 34.9 Å². The summed E-state index contributed by atoms with van der Waals surface area (Å²) in [6.07, 6.45) is 0.951. The van der Waals surface area contributed by atoms with E-state index in [9.17, 15) is 4.57 Å². The van der Waals surface area contributed by atoms with Crippen molar-refractivity contribution in [2.24, 2.45) is 0 Å². The Hall–Kier alpha value is -0.340. The fourth-order valence-corrected chi connectivity index (χ4v) is 3.27. The van der Waals surface area contributed by atoms with Crippen molar-refractivity contribution in [1.82, 2.24) is 0 Å². The van der Waals surface area contributed by atoms with Crippen molar-refractivity contribution in [2.45, 2.75) is 19.4 Å². The van der Waals surface area contributed by atoms with Crippen molar-refractivity contribution in [3.63, 3.8) is 0 Å². The van der Waals surface area contributed by atoms with Gasteiger partial charge in [-0.1, -0.05) is 30.7 Å². The van der Waals surface area contributed by atoms with Crippen LogP contribution >= 0.6 is 19.2 Å². The van der Waals surface area contributed by atoms with Crippen LogP contribution < -0.4 is 0 Å². The lowest BCUT2D eigenvalue weighted by Gasteiger charge is -2.29. The lowest BCUT2D eigenvalue weighted by atomic mass is 10.1. The van der Waals surface area contributed by atoms with Crippen molar-refractivity contribution >= 4 is 19.2 Å². The van der Waals surface area contributed by atoms with Crippen LogP contribution in [0, 0.1) is 0 Å². The van der Waals surface area contributed by atoms with Crippen LogP contribution in [0.5, 0.6) is 0 Å². The molecule has 0 N–H and O–H groups in total. The molecule has 0 saturated carbocycles. The summed E-state index contributed by atoms with van der Waals surface area (Å²) in [7, 11) is -2.87. The van der Waals surface area contributed by atoms with Crippen LogP contribution in [0.4, 0.5) is 0 Å². The van der Waals surface area contributed by atoms with Crippen LogP contribution in [0.1, 0.15) is 25.0 Å². The zero-order valence-electron chi connectivity index (χ0n) is 9.06. The van der Waals surface area contributed by atoms with E-state index in [-0.39, 0.29) is 6.10 Å². The van der Waals surface area contributed by atoms with Crippen LogP contribution in [0.3, 0.4) is 0 Å². The largest absolute Gasteiger partial charge is 0.330 e. The summed E-state index contributed by atoms with van der Waals surface area (Å²) in [5.41, 5.74) is 0.962. The smallest absolute Gasteiger partial charge is 0.308 e. The molecule has 1 fully saturated rings. The van der Waals surface area contributed by atoms with Gasteiger partial charge in [0.2, 0.25) is 0 Å². The van der Waals surface area contributed by atoms with Crippen molar-refractivity contribution in [3.8, 4) is 0 Å². The van der Waals surface area contributed by atoms with Gasteiger partial charge in [-0.25, -0.2) is 0 Å². The number of rotatable bonds is 2. The second-order valence-corrected chi connectivity index (χ2v) is 6.46. The predicted molar refractivity (Wildman–Crippen MR) is 64.0 cm³/mol. The van der Waals surface area contributed by atoms with Crippen LogP contribution in [0.25, 0.3) is 0 Å². The molecule has 0 bridgehead atoms. The molecule has 1 saturated heterocycles. The summed E-state index contributed by atoms with van der Waals surface area (Å²) < 4.78 is 22.7. The molecule has 2 atom stereocenters. The topological polar surface area (TPSA) is 35.5 Å². The van der Waals surface area contributed by atoms with Gasteiger partial charge in [0, 0.05) is 17.6 Å². The average molecular weight is 261 g/mol. The van der Waals surface area contributed by atoms with E-state index >= 15 is 0 Å². The first-order chi connectivity index (χ1) is 7.63. The summed E-state index contributed by atoms with van der Waals surface area (Å²) in [6, 6.07) is 7.45. The first-order valence-corrected chi connectivity index (χ1v) is 7.41. The van der Waals surface area contributed by atoms with Crippen LogP contribution in [-0.4, -0.2) is 12.8 Å².